The van der Waals surface area contributed by atoms with Crippen molar-refractivity contribution in [3.8, 4) is 16.9 Å². The zero-order valence-electron chi connectivity index (χ0n) is 38.5. The number of halogens is 2. The molecule has 2 atom stereocenters. The van der Waals surface area contributed by atoms with Crippen LogP contribution in [0.5, 0.6) is 5.75 Å². The number of piperazine rings is 1. The maximum atomic E-state index is 15.1. The van der Waals surface area contributed by atoms with Gasteiger partial charge in [-0.2, -0.15) is 4.98 Å². The molecule has 9 rings (SSSR count). The number of carbonyl (C=O) groups is 3. The van der Waals surface area contributed by atoms with Crippen LogP contribution in [-0.2, 0) is 20.9 Å². The van der Waals surface area contributed by atoms with Gasteiger partial charge in [0.15, 0.2) is 0 Å². The average Bonchev–Trinajstić information content (AvgIpc) is 3.65. The quantitative estimate of drug-likeness (QED) is 0.0650. The van der Waals surface area contributed by atoms with Crippen molar-refractivity contribution in [2.24, 2.45) is 0 Å². The number of phenols is 1. The van der Waals surface area contributed by atoms with Gasteiger partial charge >= 0.3 is 11.8 Å². The molecule has 3 saturated heterocycles. The highest BCUT2D eigenvalue weighted by molar-refractivity contribution is 6.35. The van der Waals surface area contributed by atoms with Crippen molar-refractivity contribution < 1.29 is 28.5 Å². The molecule has 0 bridgehead atoms. The number of phenolic OH excluding ortho intramolecular Hbond substituents is 1. The summed E-state index contributed by atoms with van der Waals surface area (Å²) in [5.74, 6) is 0.820. The van der Waals surface area contributed by atoms with Crippen molar-refractivity contribution in [1.29, 1.82) is 0 Å². The topological polar surface area (TPSA) is 128 Å². The number of nitrogens with zero attached hydrogens (tertiary/aromatic N) is 8. The van der Waals surface area contributed by atoms with E-state index in [1.54, 1.807) is 29.2 Å². The maximum absolute atomic E-state index is 15.1. The van der Waals surface area contributed by atoms with Gasteiger partial charge in [0.1, 0.15) is 30.1 Å². The van der Waals surface area contributed by atoms with E-state index in [1.807, 2.05) is 56.4 Å². The second-order valence-electron chi connectivity index (χ2n) is 18.6. The molecule has 15 heteroatoms. The van der Waals surface area contributed by atoms with Crippen LogP contribution in [0.1, 0.15) is 74.1 Å². The Kier molecular flexibility index (Phi) is 13.7. The highest BCUT2D eigenvalue weighted by Gasteiger charge is 2.46. The van der Waals surface area contributed by atoms with Gasteiger partial charge < -0.3 is 25.1 Å². The van der Waals surface area contributed by atoms with Crippen LogP contribution < -0.4 is 10.2 Å². The number of hydrogen-bond acceptors (Lipinski definition) is 11. The average molecular weight is 930 g/mol. The molecule has 2 N–H and O–H groups in total. The van der Waals surface area contributed by atoms with Gasteiger partial charge in [0.2, 0.25) is 11.9 Å². The molecule has 4 aliphatic heterocycles. The number of benzene rings is 4. The molecule has 13 nitrogen and oxygen atoms in total. The summed E-state index contributed by atoms with van der Waals surface area (Å²) in [4.78, 5) is 59.5. The minimum absolute atomic E-state index is 0.0306. The first-order valence-electron chi connectivity index (χ1n) is 23.6. The zero-order valence-corrected chi connectivity index (χ0v) is 39.3. The standard InChI is InChI=1S/C52H59ClFN9O4/c1-5-17-60-22-24-62(25-23-60)50-43-30-45(53)42(41-29-37(64)26-35-9-6-7-10-38(35)41)31-46(43)56-52(57-50)55-16-13-48(65)58(3)18-8-19-61-20-14-34(15-21-61)40-28-36(54)27-39-33(2)63(32-44(39)40)47-11-12-49(66)59(4)51(47)67/h5-7,9-10,26-31,33-34,47H,1,4,8,11-25,32H2,2-3H3,(H-,55,56,57,64)/p+1. The van der Waals surface area contributed by atoms with Gasteiger partial charge in [-0.1, -0.05) is 41.9 Å². The number of nitrogens with one attached hydrogen (secondary N) is 1. The third-order valence-electron chi connectivity index (χ3n) is 14.5. The smallest absolute Gasteiger partial charge is 0.411 e. The number of rotatable bonds is 14. The van der Waals surface area contributed by atoms with E-state index in [0.29, 0.717) is 42.5 Å². The number of piperidine rings is 2. The largest absolute Gasteiger partial charge is 0.508 e. The molecule has 1 aromatic heterocycles. The summed E-state index contributed by atoms with van der Waals surface area (Å²) < 4.78 is 16.1. The van der Waals surface area contributed by atoms with E-state index in [1.165, 1.54) is 0 Å². The number of hydrogen-bond donors (Lipinski definition) is 2. The Morgan fingerprint density at radius 2 is 1.73 bits per heavy atom. The molecule has 5 heterocycles. The van der Waals surface area contributed by atoms with Crippen molar-refractivity contribution in [3.05, 3.63) is 101 Å². The molecule has 0 radical (unpaired) electrons. The predicted octanol–water partition coefficient (Wildman–Crippen LogP) is 7.59. The van der Waals surface area contributed by atoms with Gasteiger partial charge in [-0.15, -0.1) is 11.2 Å². The number of likely N-dealkylation sites (tertiary alicyclic amines) is 1. The van der Waals surface area contributed by atoms with Crippen molar-refractivity contribution in [1.82, 2.24) is 29.6 Å². The van der Waals surface area contributed by atoms with Gasteiger partial charge in [0.05, 0.1) is 11.9 Å². The highest BCUT2D eigenvalue weighted by atomic mass is 35.5. The molecule has 0 saturated carbocycles. The van der Waals surface area contributed by atoms with Gasteiger partial charge in [-0.3, -0.25) is 14.6 Å². The van der Waals surface area contributed by atoms with E-state index >= 15 is 4.39 Å². The molecule has 4 aromatic carbocycles. The van der Waals surface area contributed by atoms with Crippen molar-refractivity contribution in [2.45, 2.75) is 70.0 Å². The predicted molar refractivity (Wildman–Crippen MR) is 263 cm³/mol. The van der Waals surface area contributed by atoms with Crippen LogP contribution in [0.25, 0.3) is 32.8 Å². The lowest BCUT2D eigenvalue weighted by Gasteiger charge is -2.35. The van der Waals surface area contributed by atoms with Crippen molar-refractivity contribution in [2.75, 3.05) is 82.7 Å². The fraction of sp³-hybridized carbons (Fsp3) is 0.423. The van der Waals surface area contributed by atoms with Gasteiger partial charge in [-0.25, -0.2) is 19.0 Å². The number of fused-ring (bicyclic) bond motifs is 3. The first kappa shape index (κ1) is 46.3. The van der Waals surface area contributed by atoms with E-state index in [2.05, 4.69) is 38.2 Å². The lowest BCUT2D eigenvalue weighted by Crippen LogP contribution is -2.49. The van der Waals surface area contributed by atoms with Crippen LogP contribution in [0.2, 0.25) is 5.02 Å². The number of amides is 3. The van der Waals surface area contributed by atoms with E-state index in [0.717, 1.165) is 126 Å². The molecule has 3 fully saturated rings. The summed E-state index contributed by atoms with van der Waals surface area (Å²) in [6.45, 7) is 17.9. The number of anilines is 2. The molecular weight excluding hydrogens is 869 g/mol. The Hall–Kier alpha value is -5.80. The Morgan fingerprint density at radius 1 is 0.970 bits per heavy atom. The van der Waals surface area contributed by atoms with Crippen molar-refractivity contribution >= 4 is 69.5 Å². The van der Waals surface area contributed by atoms with Crippen LogP contribution in [0.15, 0.2) is 73.3 Å². The maximum Gasteiger partial charge on any atom is 0.411 e. The van der Waals surface area contributed by atoms with E-state index in [-0.39, 0.29) is 54.1 Å². The van der Waals surface area contributed by atoms with Crippen LogP contribution in [0, 0.1) is 5.82 Å². The third-order valence-corrected chi connectivity index (χ3v) is 14.8. The Labute approximate surface area is 396 Å². The Morgan fingerprint density at radius 3 is 2.51 bits per heavy atom. The molecule has 2 unspecified atom stereocenters. The summed E-state index contributed by atoms with van der Waals surface area (Å²) in [7, 11) is 1.85. The zero-order chi connectivity index (χ0) is 46.9. The number of carbonyl (C=O) groups excluding carboxylic acids is 3. The molecule has 67 heavy (non-hydrogen) atoms. The number of aromatic hydroxyl groups is 1. The van der Waals surface area contributed by atoms with Crippen molar-refractivity contribution in [3.63, 3.8) is 0 Å². The van der Waals surface area contributed by atoms with Crippen LogP contribution in [0.4, 0.5) is 16.2 Å². The minimum atomic E-state index is -0.447. The first-order chi connectivity index (χ1) is 32.4. The summed E-state index contributed by atoms with van der Waals surface area (Å²) in [6, 6.07) is 18.0. The first-order valence-corrected chi connectivity index (χ1v) is 24.0. The summed E-state index contributed by atoms with van der Waals surface area (Å²) in [5, 5.41) is 17.3. The Balaban J connectivity index is 0.804. The normalized spacial score (nSPS) is 19.9. The lowest BCUT2D eigenvalue weighted by atomic mass is 9.84. The van der Waals surface area contributed by atoms with Crippen LogP contribution in [0.3, 0.4) is 0 Å². The van der Waals surface area contributed by atoms with Gasteiger partial charge in [-0.05, 0) is 128 Å². The van der Waals surface area contributed by atoms with Crippen LogP contribution in [-0.4, -0.2) is 142 Å². The summed E-state index contributed by atoms with van der Waals surface area (Å²) >= 11 is 7.06. The second kappa shape index (κ2) is 19.8. The number of aromatic nitrogens is 2. The van der Waals surface area contributed by atoms with Gasteiger partial charge in [0, 0.05) is 87.8 Å². The van der Waals surface area contributed by atoms with E-state index < -0.39 is 6.04 Å². The SMILES string of the molecule is C=CCN1CCN(c2nc(NCCC(=O)N(C)CCCN3CCC(c4cc(F)cc5c4CN(C4CCC(=O)[N+](=C)C4=O)C5C)CC3)nc3cc(-c4cc(O)cc5ccccc45)c(Cl)cc23)CC1. The highest BCUT2D eigenvalue weighted by Crippen LogP contribution is 2.44. The fourth-order valence-corrected chi connectivity index (χ4v) is 11.0. The molecule has 3 amide bonds. The summed E-state index contributed by atoms with van der Waals surface area (Å²) in [5.41, 5.74) is 5.36. The molecule has 0 spiro atoms. The number of imide groups is 1. The second-order valence-corrected chi connectivity index (χ2v) is 19.0. The monoisotopic (exact) mass is 928 g/mol. The minimum Gasteiger partial charge on any atom is -0.508 e. The molecule has 0 aliphatic carbocycles. The molecule has 4 aliphatic rings. The summed E-state index contributed by atoms with van der Waals surface area (Å²) in [6.07, 6.45) is 5.56. The molecule has 5 aromatic rings. The lowest BCUT2D eigenvalue weighted by molar-refractivity contribution is -0.387. The Bertz CT molecular complexity index is 2750. The fourth-order valence-electron chi connectivity index (χ4n) is 10.7. The van der Waals surface area contributed by atoms with Crippen LogP contribution >= 0.6 is 11.6 Å². The third kappa shape index (κ3) is 9.67. The van der Waals surface area contributed by atoms with E-state index in [4.69, 9.17) is 21.6 Å². The van der Waals surface area contributed by atoms with E-state index in [9.17, 15) is 19.5 Å². The molecule has 350 valence electrons. The van der Waals surface area contributed by atoms with Gasteiger partial charge in [0.25, 0.3) is 0 Å². The molecular formula is C52H60ClFN9O4+.